The van der Waals surface area contributed by atoms with Crippen LogP contribution < -0.4 is 21.4 Å². The molecule has 3 aromatic carbocycles. The highest BCUT2D eigenvalue weighted by Crippen LogP contribution is 2.29. The molecule has 1 aromatic heterocycles. The number of hydrogen-bond donors (Lipinski definition) is 3. The molecule has 1 heterocycles. The molecule has 4 aromatic rings. The molecule has 1 atom stereocenters. The first-order valence-electron chi connectivity index (χ1n) is 12.4. The quantitative estimate of drug-likeness (QED) is 0.283. The van der Waals surface area contributed by atoms with Gasteiger partial charge in [0.1, 0.15) is 23.1 Å². The average molecular weight is 548 g/mol. The highest BCUT2D eigenvalue weighted by atomic mass is 19.1. The topological polar surface area (TPSA) is 118 Å². The Hall–Kier alpha value is -4.86. The number of nitrogens with one attached hydrogen (secondary N) is 3. The highest BCUT2D eigenvalue weighted by Gasteiger charge is 2.43. The Balaban J connectivity index is 1.85. The van der Waals surface area contributed by atoms with E-state index in [0.29, 0.717) is 0 Å². The molecular formula is C30H27F2N3O5. The van der Waals surface area contributed by atoms with E-state index in [1.54, 1.807) is 39.0 Å². The summed E-state index contributed by atoms with van der Waals surface area (Å²) in [6, 6.07) is 16.0. The summed E-state index contributed by atoms with van der Waals surface area (Å²) < 4.78 is 32.6. The maximum atomic E-state index is 13.7. The van der Waals surface area contributed by atoms with Crippen molar-refractivity contribution in [2.75, 3.05) is 10.6 Å². The van der Waals surface area contributed by atoms with E-state index in [2.05, 4.69) is 16.0 Å². The van der Waals surface area contributed by atoms with Crippen molar-refractivity contribution in [2.24, 2.45) is 5.92 Å². The van der Waals surface area contributed by atoms with Crippen LogP contribution in [0.1, 0.15) is 32.3 Å². The fraction of sp³-hybridized carbons (Fsp3) is 0.200. The molecule has 0 saturated carbocycles. The minimum absolute atomic E-state index is 0.158. The largest absolute Gasteiger partial charge is 0.464 e. The van der Waals surface area contributed by atoms with Gasteiger partial charge in [0.25, 0.3) is 0 Å². The molecule has 0 bridgehead atoms. The Morgan fingerprint density at radius 2 is 1.25 bits per heavy atom. The van der Waals surface area contributed by atoms with Gasteiger partial charge in [0, 0.05) is 22.5 Å². The van der Waals surface area contributed by atoms with E-state index in [1.165, 1.54) is 30.3 Å². The molecule has 0 aliphatic heterocycles. The third-order valence-electron chi connectivity index (χ3n) is 5.94. The number of anilines is 2. The zero-order chi connectivity index (χ0) is 29.0. The zero-order valence-electron chi connectivity index (χ0n) is 22.0. The first-order valence-corrected chi connectivity index (χ1v) is 12.4. The Bertz CT molecular complexity index is 1550. The van der Waals surface area contributed by atoms with Crippen molar-refractivity contribution in [3.8, 4) is 0 Å². The molecule has 0 saturated heterocycles. The Morgan fingerprint density at radius 3 is 1.75 bits per heavy atom. The van der Waals surface area contributed by atoms with E-state index in [0.717, 1.165) is 30.5 Å². The summed E-state index contributed by atoms with van der Waals surface area (Å²) in [6.45, 7) is 5.12. The molecule has 0 spiro atoms. The summed E-state index contributed by atoms with van der Waals surface area (Å²) in [5.41, 5.74) is -1.02. The Kier molecular flexibility index (Phi) is 8.08. The number of rotatable bonds is 7. The van der Waals surface area contributed by atoms with E-state index in [4.69, 9.17) is 4.42 Å². The van der Waals surface area contributed by atoms with Crippen LogP contribution in [0.5, 0.6) is 0 Å². The molecule has 3 amide bonds. The van der Waals surface area contributed by atoms with Crippen LogP contribution in [0.4, 0.5) is 20.2 Å². The SMILES string of the molecule is CC(C)(C)NC(=O)C(c1coc2ccccc2c1=O)C(C(=O)Nc1ccc(F)cc1)C(=O)Nc1ccc(F)cc1. The van der Waals surface area contributed by atoms with E-state index in [9.17, 15) is 28.0 Å². The molecule has 10 heteroatoms. The van der Waals surface area contributed by atoms with Crippen LogP contribution in [0.25, 0.3) is 11.0 Å². The summed E-state index contributed by atoms with van der Waals surface area (Å²) in [5.74, 6) is -7.17. The van der Waals surface area contributed by atoms with Crippen LogP contribution in [0.3, 0.4) is 0 Å². The van der Waals surface area contributed by atoms with Gasteiger partial charge < -0.3 is 20.4 Å². The third-order valence-corrected chi connectivity index (χ3v) is 5.94. The van der Waals surface area contributed by atoms with Crippen LogP contribution >= 0.6 is 0 Å². The van der Waals surface area contributed by atoms with Crippen molar-refractivity contribution in [1.82, 2.24) is 5.32 Å². The fourth-order valence-electron chi connectivity index (χ4n) is 4.16. The van der Waals surface area contributed by atoms with Gasteiger partial charge in [-0.3, -0.25) is 19.2 Å². The molecule has 0 aliphatic rings. The minimum Gasteiger partial charge on any atom is -0.464 e. The number of halogens is 2. The summed E-state index contributed by atoms with van der Waals surface area (Å²) in [5, 5.41) is 7.97. The summed E-state index contributed by atoms with van der Waals surface area (Å²) in [7, 11) is 0. The van der Waals surface area contributed by atoms with Gasteiger partial charge >= 0.3 is 0 Å². The summed E-state index contributed by atoms with van der Waals surface area (Å²) >= 11 is 0. The number of carbonyl (C=O) groups excluding carboxylic acids is 3. The van der Waals surface area contributed by atoms with Crippen molar-refractivity contribution < 1.29 is 27.6 Å². The van der Waals surface area contributed by atoms with Crippen LogP contribution in [0.15, 0.2) is 88.3 Å². The molecule has 0 radical (unpaired) electrons. The van der Waals surface area contributed by atoms with Gasteiger partial charge in [0.2, 0.25) is 17.7 Å². The molecule has 0 aliphatic carbocycles. The van der Waals surface area contributed by atoms with Crippen molar-refractivity contribution in [1.29, 1.82) is 0 Å². The maximum Gasteiger partial charge on any atom is 0.238 e. The number of fused-ring (bicyclic) bond motifs is 1. The molecule has 40 heavy (non-hydrogen) atoms. The molecular weight excluding hydrogens is 520 g/mol. The van der Waals surface area contributed by atoms with Gasteiger partial charge in [0.05, 0.1) is 17.6 Å². The predicted molar refractivity (Wildman–Crippen MR) is 147 cm³/mol. The molecule has 1 unspecified atom stereocenters. The minimum atomic E-state index is -1.80. The lowest BCUT2D eigenvalue weighted by Gasteiger charge is -2.29. The maximum absolute atomic E-state index is 13.7. The normalized spacial score (nSPS) is 12.2. The lowest BCUT2D eigenvalue weighted by Crippen LogP contribution is -2.50. The van der Waals surface area contributed by atoms with E-state index < -0.39 is 52.2 Å². The van der Waals surface area contributed by atoms with Gasteiger partial charge in [-0.1, -0.05) is 12.1 Å². The van der Waals surface area contributed by atoms with Crippen LogP contribution in [-0.2, 0) is 14.4 Å². The smallest absolute Gasteiger partial charge is 0.238 e. The number of para-hydroxylation sites is 1. The molecule has 0 fully saturated rings. The van der Waals surface area contributed by atoms with Gasteiger partial charge in [-0.2, -0.15) is 0 Å². The first kappa shape index (κ1) is 28.2. The Labute approximate surface area is 228 Å². The number of amides is 3. The van der Waals surface area contributed by atoms with Crippen molar-refractivity contribution >= 4 is 40.1 Å². The lowest BCUT2D eigenvalue weighted by molar-refractivity contribution is -0.136. The monoisotopic (exact) mass is 547 g/mol. The number of carbonyl (C=O) groups is 3. The van der Waals surface area contributed by atoms with Crippen molar-refractivity contribution in [3.63, 3.8) is 0 Å². The van der Waals surface area contributed by atoms with E-state index in [1.807, 2.05) is 0 Å². The van der Waals surface area contributed by atoms with Crippen LogP contribution in [0.2, 0.25) is 0 Å². The molecule has 8 nitrogen and oxygen atoms in total. The van der Waals surface area contributed by atoms with Gasteiger partial charge in [-0.15, -0.1) is 0 Å². The second-order valence-electron chi connectivity index (χ2n) is 10.2. The van der Waals surface area contributed by atoms with Crippen molar-refractivity contribution in [2.45, 2.75) is 32.2 Å². The second-order valence-corrected chi connectivity index (χ2v) is 10.2. The zero-order valence-corrected chi connectivity index (χ0v) is 22.0. The van der Waals surface area contributed by atoms with Crippen molar-refractivity contribution in [3.05, 3.63) is 106 Å². The molecule has 206 valence electrons. The van der Waals surface area contributed by atoms with Crippen LogP contribution in [-0.4, -0.2) is 23.3 Å². The van der Waals surface area contributed by atoms with Crippen LogP contribution in [0, 0.1) is 17.6 Å². The highest BCUT2D eigenvalue weighted by molar-refractivity contribution is 6.14. The Morgan fingerprint density at radius 1 is 0.750 bits per heavy atom. The lowest BCUT2D eigenvalue weighted by atomic mass is 9.83. The first-order chi connectivity index (χ1) is 18.9. The molecule has 3 N–H and O–H groups in total. The third kappa shape index (κ3) is 6.58. The predicted octanol–water partition coefficient (Wildman–Crippen LogP) is 4.96. The molecule has 4 rings (SSSR count). The van der Waals surface area contributed by atoms with E-state index in [-0.39, 0.29) is 27.9 Å². The van der Waals surface area contributed by atoms with Gasteiger partial charge in [-0.05, 0) is 81.4 Å². The van der Waals surface area contributed by atoms with Gasteiger partial charge in [-0.25, -0.2) is 8.78 Å². The number of benzene rings is 3. The van der Waals surface area contributed by atoms with Gasteiger partial charge in [0.15, 0.2) is 5.43 Å². The van der Waals surface area contributed by atoms with E-state index >= 15 is 0 Å². The second kappa shape index (κ2) is 11.5. The fourth-order valence-corrected chi connectivity index (χ4v) is 4.16. The standard InChI is InChI=1S/C30H27F2N3O5/c1-30(2,3)35-29(39)24(22-16-40-23-7-5-4-6-21(23)26(22)36)25(27(37)33-19-12-8-17(31)9-13-19)28(38)34-20-14-10-18(32)11-15-20/h4-16,24-25H,1-3H3,(H,33,37)(H,34,38)(H,35,39). The summed E-state index contributed by atoms with van der Waals surface area (Å²) in [6.07, 6.45) is 1.07. The summed E-state index contributed by atoms with van der Waals surface area (Å²) in [4.78, 5) is 54.7. The average Bonchev–Trinajstić information content (AvgIpc) is 2.89. The number of hydrogen-bond acceptors (Lipinski definition) is 5.